The van der Waals surface area contributed by atoms with Crippen LogP contribution in [0, 0.1) is 6.92 Å². The van der Waals surface area contributed by atoms with Gasteiger partial charge < -0.3 is 5.11 Å². The summed E-state index contributed by atoms with van der Waals surface area (Å²) in [4.78, 5) is 7.94. The normalized spacial score (nSPS) is 11.1. The van der Waals surface area contributed by atoms with Gasteiger partial charge in [0.15, 0.2) is 11.5 Å². The van der Waals surface area contributed by atoms with Gasteiger partial charge in [0, 0.05) is 0 Å². The molecule has 2 aromatic rings. The minimum Gasteiger partial charge on any atom is -0.388 e. The predicted octanol–water partition coefficient (Wildman–Crippen LogP) is 1.34. The van der Waals surface area contributed by atoms with Gasteiger partial charge in [0.05, 0.1) is 10.2 Å². The Morgan fingerprint density at radius 3 is 2.86 bits per heavy atom. The maximum atomic E-state index is 8.89. The van der Waals surface area contributed by atoms with E-state index in [0.29, 0.717) is 5.65 Å². The summed E-state index contributed by atoms with van der Waals surface area (Å²) >= 11 is 9.18. The minimum atomic E-state index is -0.243. The minimum absolute atomic E-state index is 0.188. The van der Waals surface area contributed by atoms with Crippen LogP contribution >= 0.6 is 27.5 Å². The zero-order valence-corrected chi connectivity index (χ0v) is 9.54. The fraction of sp³-hybridized carbons (Fsp3) is 0.286. The number of nitrogens with zero attached hydrogens (tertiary/aromatic N) is 4. The summed E-state index contributed by atoms with van der Waals surface area (Å²) in [5, 5.41) is 13.2. The number of hydrogen-bond acceptors (Lipinski definition) is 4. The van der Waals surface area contributed by atoms with E-state index in [9.17, 15) is 0 Å². The van der Waals surface area contributed by atoms with E-state index in [-0.39, 0.29) is 17.7 Å². The Morgan fingerprint density at radius 2 is 2.21 bits per heavy atom. The lowest BCUT2D eigenvalue weighted by Crippen LogP contribution is -2.01. The smallest absolute Gasteiger partial charge is 0.227 e. The molecule has 0 unspecified atom stereocenters. The molecule has 7 heteroatoms. The van der Waals surface area contributed by atoms with Crippen LogP contribution in [0.5, 0.6) is 0 Å². The third-order valence-corrected chi connectivity index (χ3v) is 2.91. The van der Waals surface area contributed by atoms with Gasteiger partial charge in [-0.3, -0.25) is 0 Å². The fourth-order valence-electron chi connectivity index (χ4n) is 1.09. The van der Waals surface area contributed by atoms with Gasteiger partial charge in [-0.2, -0.15) is 9.61 Å². The molecule has 5 nitrogen and oxygen atoms in total. The monoisotopic (exact) mass is 276 g/mol. The number of fused-ring (bicyclic) bond motifs is 1. The molecule has 0 aliphatic carbocycles. The Morgan fingerprint density at radius 1 is 1.50 bits per heavy atom. The van der Waals surface area contributed by atoms with Gasteiger partial charge in [0.1, 0.15) is 6.61 Å². The highest BCUT2D eigenvalue weighted by Crippen LogP contribution is 2.22. The summed E-state index contributed by atoms with van der Waals surface area (Å²) in [7, 11) is 0. The predicted molar refractivity (Wildman–Crippen MR) is 54.2 cm³/mol. The molecule has 0 spiro atoms. The van der Waals surface area contributed by atoms with Crippen LogP contribution in [0.2, 0.25) is 5.28 Å². The quantitative estimate of drug-likeness (QED) is 0.854. The van der Waals surface area contributed by atoms with Crippen LogP contribution < -0.4 is 0 Å². The molecule has 0 amide bonds. The molecule has 1 N–H and O–H groups in total. The molecule has 0 aromatic carbocycles. The number of hydrogen-bond donors (Lipinski definition) is 1. The number of aliphatic hydroxyl groups excluding tert-OH is 1. The van der Waals surface area contributed by atoms with Gasteiger partial charge in [0.2, 0.25) is 5.28 Å². The van der Waals surface area contributed by atoms with E-state index in [0.717, 1.165) is 10.2 Å². The highest BCUT2D eigenvalue weighted by atomic mass is 79.9. The molecule has 2 rings (SSSR count). The van der Waals surface area contributed by atoms with Crippen molar-refractivity contribution in [1.82, 2.24) is 19.6 Å². The van der Waals surface area contributed by atoms with E-state index in [2.05, 4.69) is 31.0 Å². The van der Waals surface area contributed by atoms with Gasteiger partial charge in [-0.25, -0.2) is 9.97 Å². The van der Waals surface area contributed by atoms with Gasteiger partial charge in [-0.1, -0.05) is 0 Å². The van der Waals surface area contributed by atoms with Crippen molar-refractivity contribution in [2.24, 2.45) is 0 Å². The molecule has 2 heterocycles. The van der Waals surface area contributed by atoms with Crippen LogP contribution in [0.25, 0.3) is 5.65 Å². The molecule has 2 aromatic heterocycles. The van der Waals surface area contributed by atoms with Gasteiger partial charge in [-0.05, 0) is 34.5 Å². The molecular weight excluding hydrogens is 271 g/mol. The third-order valence-electron chi connectivity index (χ3n) is 1.74. The fourth-order valence-corrected chi connectivity index (χ4v) is 1.64. The first-order valence-corrected chi connectivity index (χ1v) is 4.98. The van der Waals surface area contributed by atoms with Gasteiger partial charge in [0.25, 0.3) is 0 Å². The Bertz CT molecular complexity index is 498. The molecule has 0 radical (unpaired) electrons. The Balaban J connectivity index is 2.83. The second kappa shape index (κ2) is 3.45. The van der Waals surface area contributed by atoms with Crippen LogP contribution in [0.15, 0.2) is 4.47 Å². The first-order chi connectivity index (χ1) is 6.63. The first kappa shape index (κ1) is 9.82. The van der Waals surface area contributed by atoms with E-state index in [1.807, 2.05) is 6.92 Å². The average Bonchev–Trinajstić information content (AvgIpc) is 2.45. The lowest BCUT2D eigenvalue weighted by Gasteiger charge is -1.98. The topological polar surface area (TPSA) is 63.3 Å². The Kier molecular flexibility index (Phi) is 2.42. The largest absolute Gasteiger partial charge is 0.388 e. The van der Waals surface area contributed by atoms with Crippen molar-refractivity contribution in [3.8, 4) is 0 Å². The molecule has 0 atom stereocenters. The van der Waals surface area contributed by atoms with E-state index >= 15 is 0 Å². The SMILES string of the molecule is Cc1nn2c(Cl)nc(CO)nc2c1Br. The zero-order valence-electron chi connectivity index (χ0n) is 7.20. The number of halogens is 2. The van der Waals surface area contributed by atoms with Crippen molar-refractivity contribution in [2.75, 3.05) is 0 Å². The second-order valence-corrected chi connectivity index (χ2v) is 3.83. The summed E-state index contributed by atoms with van der Waals surface area (Å²) < 4.78 is 2.18. The average molecular weight is 278 g/mol. The zero-order chi connectivity index (χ0) is 10.3. The van der Waals surface area contributed by atoms with Gasteiger partial charge in [-0.15, -0.1) is 0 Å². The van der Waals surface area contributed by atoms with Crippen molar-refractivity contribution < 1.29 is 5.11 Å². The van der Waals surface area contributed by atoms with Crippen LogP contribution in [-0.4, -0.2) is 24.7 Å². The number of aryl methyl sites for hydroxylation is 1. The Labute approximate surface area is 92.9 Å². The molecule has 14 heavy (non-hydrogen) atoms. The standard InChI is InChI=1S/C7H6BrClN4O/c1-3-5(8)6-10-4(2-14)11-7(9)13(6)12-3/h14H,2H2,1H3. The van der Waals surface area contributed by atoms with Crippen LogP contribution in [-0.2, 0) is 6.61 Å². The van der Waals surface area contributed by atoms with Crippen molar-refractivity contribution >= 4 is 33.2 Å². The first-order valence-electron chi connectivity index (χ1n) is 3.81. The van der Waals surface area contributed by atoms with Crippen molar-refractivity contribution in [2.45, 2.75) is 13.5 Å². The molecule has 0 aliphatic heterocycles. The Hall–Kier alpha value is -0.720. The lowest BCUT2D eigenvalue weighted by molar-refractivity contribution is 0.271. The molecule has 0 fully saturated rings. The summed E-state index contributed by atoms with van der Waals surface area (Å²) in [5.74, 6) is 0.281. The maximum Gasteiger partial charge on any atom is 0.227 e. The van der Waals surface area contributed by atoms with Crippen molar-refractivity contribution in [1.29, 1.82) is 0 Å². The number of aromatic nitrogens is 4. The number of aliphatic hydroxyl groups is 1. The number of rotatable bonds is 1. The summed E-state index contributed by atoms with van der Waals surface area (Å²) in [5.41, 5.74) is 1.34. The van der Waals surface area contributed by atoms with Crippen molar-refractivity contribution in [3.63, 3.8) is 0 Å². The van der Waals surface area contributed by atoms with Crippen LogP contribution in [0.4, 0.5) is 0 Å². The molecule has 0 saturated carbocycles. The van der Waals surface area contributed by atoms with E-state index in [4.69, 9.17) is 16.7 Å². The van der Waals surface area contributed by atoms with Crippen molar-refractivity contribution in [3.05, 3.63) is 21.3 Å². The van der Waals surface area contributed by atoms with Gasteiger partial charge >= 0.3 is 0 Å². The molecule has 0 bridgehead atoms. The highest BCUT2D eigenvalue weighted by molar-refractivity contribution is 9.10. The maximum absolute atomic E-state index is 8.89. The molecule has 0 saturated heterocycles. The second-order valence-electron chi connectivity index (χ2n) is 2.70. The lowest BCUT2D eigenvalue weighted by atomic mass is 10.5. The summed E-state index contributed by atoms with van der Waals surface area (Å²) in [6, 6.07) is 0. The summed E-state index contributed by atoms with van der Waals surface area (Å²) in [6.07, 6.45) is 0. The highest BCUT2D eigenvalue weighted by Gasteiger charge is 2.12. The molecule has 0 aliphatic rings. The molecule has 74 valence electrons. The van der Waals surface area contributed by atoms with E-state index in [1.165, 1.54) is 4.52 Å². The van der Waals surface area contributed by atoms with E-state index in [1.54, 1.807) is 0 Å². The van der Waals surface area contributed by atoms with E-state index < -0.39 is 0 Å². The third kappa shape index (κ3) is 1.39. The van der Waals surface area contributed by atoms with Crippen LogP contribution in [0.1, 0.15) is 11.5 Å². The summed E-state index contributed by atoms with van der Waals surface area (Å²) in [6.45, 7) is 1.58. The van der Waals surface area contributed by atoms with Crippen LogP contribution in [0.3, 0.4) is 0 Å². The molecular formula is C7H6BrClN4O.